The fourth-order valence-electron chi connectivity index (χ4n) is 5.45. The third-order valence-electron chi connectivity index (χ3n) is 7.09. The highest BCUT2D eigenvalue weighted by Gasteiger charge is 2.37. The molecule has 31 heavy (non-hydrogen) atoms. The van der Waals surface area contributed by atoms with Crippen LogP contribution in [-0.2, 0) is 11.8 Å². The number of hydrogen-bond acceptors (Lipinski definition) is 0. The average molecular weight is 403 g/mol. The first-order valence-corrected chi connectivity index (χ1v) is 11.5. The van der Waals surface area contributed by atoms with Gasteiger partial charge in [-0.3, -0.25) is 0 Å². The van der Waals surface area contributed by atoms with Crippen molar-refractivity contribution in [3.8, 4) is 22.3 Å². The summed E-state index contributed by atoms with van der Waals surface area (Å²) in [5.74, 6) is 0.520. The zero-order valence-electron chi connectivity index (χ0n) is 18.7. The quantitative estimate of drug-likeness (QED) is 0.314. The predicted molar refractivity (Wildman–Crippen MR) is 133 cm³/mol. The second-order valence-corrected chi connectivity index (χ2v) is 9.31. The average Bonchev–Trinajstić information content (AvgIpc) is 3.06. The molecule has 1 unspecified atom stereocenters. The molecule has 0 saturated heterocycles. The van der Waals surface area contributed by atoms with Gasteiger partial charge in [0, 0.05) is 5.41 Å². The van der Waals surface area contributed by atoms with Crippen LogP contribution in [0.5, 0.6) is 0 Å². The predicted octanol–water partition coefficient (Wildman–Crippen LogP) is 8.40. The molecule has 1 aliphatic rings. The van der Waals surface area contributed by atoms with E-state index in [-0.39, 0.29) is 5.41 Å². The fraction of sp³-hybridized carbons (Fsp3) is 0.226. The largest absolute Gasteiger partial charge is 0.0648 e. The molecule has 0 saturated carbocycles. The van der Waals surface area contributed by atoms with Crippen LogP contribution in [-0.4, -0.2) is 0 Å². The van der Waals surface area contributed by atoms with Crippen LogP contribution in [0.15, 0.2) is 97.1 Å². The van der Waals surface area contributed by atoms with Gasteiger partial charge in [-0.05, 0) is 63.3 Å². The molecule has 4 aromatic rings. The van der Waals surface area contributed by atoms with Crippen molar-refractivity contribution < 1.29 is 0 Å². The molecule has 0 heteroatoms. The molecule has 0 aromatic heterocycles. The van der Waals surface area contributed by atoms with Gasteiger partial charge >= 0.3 is 0 Å². The Morgan fingerprint density at radius 2 is 1.29 bits per heavy atom. The van der Waals surface area contributed by atoms with Crippen LogP contribution in [0.25, 0.3) is 22.3 Å². The van der Waals surface area contributed by atoms with Gasteiger partial charge in [0.1, 0.15) is 0 Å². The van der Waals surface area contributed by atoms with E-state index >= 15 is 0 Å². The maximum atomic E-state index is 2.39. The molecular formula is C31H30. The Hall–Kier alpha value is -3.12. The molecule has 0 fully saturated rings. The maximum Gasteiger partial charge on any atom is 0.0161 e. The monoisotopic (exact) mass is 402 g/mol. The molecule has 0 nitrogen and oxygen atoms in total. The van der Waals surface area contributed by atoms with Gasteiger partial charge in [0.2, 0.25) is 0 Å². The number of fused-ring (bicyclic) bond motifs is 3. The van der Waals surface area contributed by atoms with Gasteiger partial charge in [-0.1, -0.05) is 118 Å². The Morgan fingerprint density at radius 1 is 0.645 bits per heavy atom. The van der Waals surface area contributed by atoms with E-state index in [9.17, 15) is 0 Å². The first-order valence-electron chi connectivity index (χ1n) is 11.5. The summed E-state index contributed by atoms with van der Waals surface area (Å²) in [5.41, 5.74) is 11.4. The van der Waals surface area contributed by atoms with Crippen LogP contribution >= 0.6 is 0 Å². The highest BCUT2D eigenvalue weighted by Crippen LogP contribution is 2.51. The Bertz CT molecular complexity index is 1200. The summed E-state index contributed by atoms with van der Waals surface area (Å²) in [4.78, 5) is 0. The van der Waals surface area contributed by atoms with Crippen molar-refractivity contribution in [3.63, 3.8) is 0 Å². The van der Waals surface area contributed by atoms with E-state index in [4.69, 9.17) is 0 Å². The van der Waals surface area contributed by atoms with Crippen molar-refractivity contribution in [1.29, 1.82) is 0 Å². The third-order valence-corrected chi connectivity index (χ3v) is 7.09. The normalized spacial score (nSPS) is 14.7. The molecule has 0 heterocycles. The third kappa shape index (κ3) is 3.41. The lowest BCUT2D eigenvalue weighted by molar-refractivity contribution is 0.606. The summed E-state index contributed by atoms with van der Waals surface area (Å²) >= 11 is 0. The van der Waals surface area contributed by atoms with Crippen molar-refractivity contribution >= 4 is 0 Å². The van der Waals surface area contributed by atoms with Gasteiger partial charge in [-0.2, -0.15) is 0 Å². The number of hydrogen-bond donors (Lipinski definition) is 0. The summed E-state index contributed by atoms with van der Waals surface area (Å²) in [6.45, 7) is 7.11. The second kappa shape index (κ2) is 7.85. The van der Waals surface area contributed by atoms with Crippen LogP contribution in [0.1, 0.15) is 55.4 Å². The van der Waals surface area contributed by atoms with Crippen LogP contribution < -0.4 is 0 Å². The Balaban J connectivity index is 1.48. The van der Waals surface area contributed by atoms with Gasteiger partial charge in [0.15, 0.2) is 0 Å². The van der Waals surface area contributed by atoms with Gasteiger partial charge < -0.3 is 0 Å². The fourth-order valence-corrected chi connectivity index (χ4v) is 5.45. The van der Waals surface area contributed by atoms with Crippen LogP contribution in [0, 0.1) is 0 Å². The van der Waals surface area contributed by atoms with Crippen molar-refractivity contribution in [2.45, 2.75) is 44.9 Å². The lowest BCUT2D eigenvalue weighted by Gasteiger charge is -2.28. The lowest BCUT2D eigenvalue weighted by Crippen LogP contribution is -2.19. The van der Waals surface area contributed by atoms with Crippen molar-refractivity contribution in [2.24, 2.45) is 0 Å². The minimum Gasteiger partial charge on any atom is -0.0648 e. The van der Waals surface area contributed by atoms with Crippen LogP contribution in [0.3, 0.4) is 0 Å². The van der Waals surface area contributed by atoms with Crippen molar-refractivity contribution in [3.05, 3.63) is 119 Å². The zero-order chi connectivity index (χ0) is 21.4. The summed E-state index contributed by atoms with van der Waals surface area (Å²) < 4.78 is 0. The van der Waals surface area contributed by atoms with E-state index in [0.29, 0.717) is 5.92 Å². The van der Waals surface area contributed by atoms with E-state index < -0.39 is 0 Å². The molecule has 1 atom stereocenters. The first-order chi connectivity index (χ1) is 15.1. The molecule has 4 aromatic carbocycles. The van der Waals surface area contributed by atoms with Gasteiger partial charge in [-0.15, -0.1) is 0 Å². The summed E-state index contributed by atoms with van der Waals surface area (Å²) in [7, 11) is 0. The molecule has 0 radical (unpaired) electrons. The molecule has 0 bridgehead atoms. The molecule has 0 aliphatic heterocycles. The van der Waals surface area contributed by atoms with E-state index in [2.05, 4.69) is 118 Å². The van der Waals surface area contributed by atoms with Crippen molar-refractivity contribution in [2.75, 3.05) is 0 Å². The maximum absolute atomic E-state index is 2.39. The van der Waals surface area contributed by atoms with E-state index in [1.165, 1.54) is 44.5 Å². The minimum absolute atomic E-state index is 0.0487. The van der Waals surface area contributed by atoms with E-state index in [0.717, 1.165) is 12.8 Å². The van der Waals surface area contributed by atoms with Crippen molar-refractivity contribution in [1.82, 2.24) is 0 Å². The highest BCUT2D eigenvalue weighted by atomic mass is 14.4. The molecule has 1 aliphatic carbocycles. The molecule has 0 N–H and O–H groups in total. The summed E-state index contributed by atoms with van der Waals surface area (Å²) in [6, 6.07) is 35.7. The number of rotatable bonds is 5. The molecule has 154 valence electrons. The highest BCUT2D eigenvalue weighted by molar-refractivity contribution is 5.82. The van der Waals surface area contributed by atoms with Gasteiger partial charge in [0.05, 0.1) is 0 Å². The zero-order valence-corrected chi connectivity index (χ0v) is 18.7. The van der Waals surface area contributed by atoms with E-state index in [1.807, 2.05) is 0 Å². The standard InChI is InChI=1S/C31H30/c1-4-23(21-22-17-19-25(20-18-22)24-11-6-5-7-12-24)26-14-10-15-28-27-13-8-9-16-29(27)31(2,3)30(26)28/h5-20,23H,4,21H2,1-3H3. The summed E-state index contributed by atoms with van der Waals surface area (Å²) in [5, 5.41) is 0. The first kappa shape index (κ1) is 19.8. The molecule has 0 amide bonds. The molecule has 5 rings (SSSR count). The number of benzene rings is 4. The Morgan fingerprint density at radius 3 is 2.03 bits per heavy atom. The van der Waals surface area contributed by atoms with Crippen LogP contribution in [0.2, 0.25) is 0 Å². The topological polar surface area (TPSA) is 0 Å². The summed E-state index contributed by atoms with van der Waals surface area (Å²) in [6.07, 6.45) is 2.22. The van der Waals surface area contributed by atoms with E-state index in [1.54, 1.807) is 0 Å². The molecule has 0 spiro atoms. The SMILES string of the molecule is CCC(Cc1ccc(-c2ccccc2)cc1)c1cccc2c1C(C)(C)c1ccccc1-2. The Kier molecular flexibility index (Phi) is 5.02. The van der Waals surface area contributed by atoms with Gasteiger partial charge in [-0.25, -0.2) is 0 Å². The lowest BCUT2D eigenvalue weighted by atomic mass is 9.76. The van der Waals surface area contributed by atoms with Crippen LogP contribution in [0.4, 0.5) is 0 Å². The second-order valence-electron chi connectivity index (χ2n) is 9.31. The minimum atomic E-state index is 0.0487. The molecular weight excluding hydrogens is 372 g/mol. The van der Waals surface area contributed by atoms with Gasteiger partial charge in [0.25, 0.3) is 0 Å². The Labute approximate surface area is 186 Å². The smallest absolute Gasteiger partial charge is 0.0161 e.